The van der Waals surface area contributed by atoms with Gasteiger partial charge in [-0.1, -0.05) is 13.8 Å². The zero-order valence-electron chi connectivity index (χ0n) is 12.7. The molecule has 7 heteroatoms. The van der Waals surface area contributed by atoms with Crippen LogP contribution in [0.5, 0.6) is 0 Å². The molecule has 1 rings (SSSR count). The number of pyridine rings is 1. The second-order valence-electron chi connectivity index (χ2n) is 5.23. The van der Waals surface area contributed by atoms with Crippen molar-refractivity contribution in [3.05, 3.63) is 23.4 Å². The van der Waals surface area contributed by atoms with Crippen LogP contribution in [0.1, 0.15) is 36.3 Å². The topological polar surface area (TPSA) is 109 Å². The van der Waals surface area contributed by atoms with E-state index in [2.05, 4.69) is 21.0 Å². The van der Waals surface area contributed by atoms with Gasteiger partial charge in [0.05, 0.1) is 0 Å². The molecule has 0 saturated carbocycles. The van der Waals surface area contributed by atoms with Gasteiger partial charge in [0.15, 0.2) is 0 Å². The van der Waals surface area contributed by atoms with Crippen molar-refractivity contribution in [3.8, 4) is 0 Å². The third-order valence-corrected chi connectivity index (χ3v) is 2.71. The molecule has 0 radical (unpaired) electrons. The Morgan fingerprint density at radius 2 is 2.00 bits per heavy atom. The third kappa shape index (κ3) is 6.22. The number of anilines is 1. The summed E-state index contributed by atoms with van der Waals surface area (Å²) in [5.74, 6) is 5.80. The first-order valence-corrected chi connectivity index (χ1v) is 6.92. The number of amides is 2. The summed E-state index contributed by atoms with van der Waals surface area (Å²) in [6.45, 7) is 6.75. The summed E-state index contributed by atoms with van der Waals surface area (Å²) >= 11 is 0. The fourth-order valence-corrected chi connectivity index (χ4v) is 1.67. The quantitative estimate of drug-likeness (QED) is 0.434. The number of nitrogens with two attached hydrogens (primary N) is 1. The number of nitrogen functional groups attached to an aromatic ring is 1. The molecule has 0 aliphatic rings. The molecule has 116 valence electrons. The summed E-state index contributed by atoms with van der Waals surface area (Å²) in [5.41, 5.74) is 3.55. The summed E-state index contributed by atoms with van der Waals surface area (Å²) in [7, 11) is 0. The maximum atomic E-state index is 12.0. The molecular weight excluding hydrogens is 270 g/mol. The smallest absolute Gasteiger partial charge is 0.251 e. The van der Waals surface area contributed by atoms with Crippen molar-refractivity contribution in [3.63, 3.8) is 0 Å². The standard InChI is InChI=1S/C14H23N5O2/c1-9(2)8-17-13(20)4-5-16-14(21)11-6-10(3)18-12(7-11)19-15/h6-7,9H,4-5,8,15H2,1-3H3,(H,16,21)(H,17,20)(H,18,19). The monoisotopic (exact) mass is 293 g/mol. The van der Waals surface area contributed by atoms with Crippen molar-refractivity contribution in [1.82, 2.24) is 15.6 Å². The van der Waals surface area contributed by atoms with Gasteiger partial charge in [-0.25, -0.2) is 10.8 Å². The van der Waals surface area contributed by atoms with Crippen LogP contribution in [0, 0.1) is 12.8 Å². The molecule has 0 saturated heterocycles. The van der Waals surface area contributed by atoms with Crippen molar-refractivity contribution >= 4 is 17.6 Å². The lowest BCUT2D eigenvalue weighted by Crippen LogP contribution is -2.32. The lowest BCUT2D eigenvalue weighted by Gasteiger charge is -2.09. The van der Waals surface area contributed by atoms with Gasteiger partial charge in [0.25, 0.3) is 5.91 Å². The van der Waals surface area contributed by atoms with Crippen LogP contribution in [0.15, 0.2) is 12.1 Å². The van der Waals surface area contributed by atoms with Crippen molar-refractivity contribution in [1.29, 1.82) is 0 Å². The normalized spacial score (nSPS) is 10.3. The fourth-order valence-electron chi connectivity index (χ4n) is 1.67. The molecule has 0 fully saturated rings. The Hall–Kier alpha value is -2.15. The van der Waals surface area contributed by atoms with E-state index in [-0.39, 0.29) is 24.8 Å². The molecule has 0 unspecified atom stereocenters. The van der Waals surface area contributed by atoms with Gasteiger partial charge < -0.3 is 16.1 Å². The third-order valence-electron chi connectivity index (χ3n) is 2.71. The van der Waals surface area contributed by atoms with Crippen molar-refractivity contribution in [2.24, 2.45) is 11.8 Å². The Morgan fingerprint density at radius 3 is 2.62 bits per heavy atom. The first-order chi connectivity index (χ1) is 9.92. The predicted molar refractivity (Wildman–Crippen MR) is 81.6 cm³/mol. The number of hydrogen-bond donors (Lipinski definition) is 4. The fraction of sp³-hybridized carbons (Fsp3) is 0.500. The molecule has 0 aliphatic heterocycles. The zero-order chi connectivity index (χ0) is 15.8. The molecule has 0 bridgehead atoms. The zero-order valence-corrected chi connectivity index (χ0v) is 12.7. The molecule has 7 nitrogen and oxygen atoms in total. The number of hydrogen-bond acceptors (Lipinski definition) is 5. The highest BCUT2D eigenvalue weighted by molar-refractivity contribution is 5.95. The largest absolute Gasteiger partial charge is 0.356 e. The lowest BCUT2D eigenvalue weighted by molar-refractivity contribution is -0.121. The van der Waals surface area contributed by atoms with Gasteiger partial charge in [0, 0.05) is 30.8 Å². The number of nitrogens with zero attached hydrogens (tertiary/aromatic N) is 1. The van der Waals surface area contributed by atoms with Crippen LogP contribution >= 0.6 is 0 Å². The molecule has 1 heterocycles. The molecule has 21 heavy (non-hydrogen) atoms. The minimum absolute atomic E-state index is 0.0702. The van der Waals surface area contributed by atoms with E-state index in [1.54, 1.807) is 19.1 Å². The van der Waals surface area contributed by atoms with E-state index < -0.39 is 0 Å². The van der Waals surface area contributed by atoms with Gasteiger partial charge in [-0.3, -0.25) is 9.59 Å². The maximum absolute atomic E-state index is 12.0. The van der Waals surface area contributed by atoms with E-state index >= 15 is 0 Å². The van der Waals surface area contributed by atoms with Crippen LogP contribution < -0.4 is 21.9 Å². The molecule has 0 atom stereocenters. The van der Waals surface area contributed by atoms with Crippen molar-refractivity contribution in [2.75, 3.05) is 18.5 Å². The van der Waals surface area contributed by atoms with Crippen LogP contribution in [0.3, 0.4) is 0 Å². The molecule has 5 N–H and O–H groups in total. The van der Waals surface area contributed by atoms with Gasteiger partial charge in [-0.15, -0.1) is 0 Å². The lowest BCUT2D eigenvalue weighted by atomic mass is 10.2. The van der Waals surface area contributed by atoms with Gasteiger partial charge in [-0.2, -0.15) is 0 Å². The van der Waals surface area contributed by atoms with E-state index in [0.717, 1.165) is 0 Å². The first-order valence-electron chi connectivity index (χ1n) is 6.92. The van der Waals surface area contributed by atoms with Crippen LogP contribution in [0.2, 0.25) is 0 Å². The molecule has 0 aliphatic carbocycles. The first kappa shape index (κ1) is 16.9. The maximum Gasteiger partial charge on any atom is 0.251 e. The minimum atomic E-state index is -0.256. The SMILES string of the molecule is Cc1cc(C(=O)NCCC(=O)NCC(C)C)cc(NN)n1. The van der Waals surface area contributed by atoms with Crippen LogP contribution in [0.4, 0.5) is 5.82 Å². The van der Waals surface area contributed by atoms with Gasteiger partial charge in [0.2, 0.25) is 5.91 Å². The molecule has 1 aromatic rings. The highest BCUT2D eigenvalue weighted by Crippen LogP contribution is 2.08. The number of carbonyl (C=O) groups is 2. The van der Waals surface area contributed by atoms with Crippen LogP contribution in [-0.4, -0.2) is 29.9 Å². The number of rotatable bonds is 7. The van der Waals surface area contributed by atoms with Crippen molar-refractivity contribution in [2.45, 2.75) is 27.2 Å². The molecule has 0 aromatic carbocycles. The molecular formula is C14H23N5O2. The minimum Gasteiger partial charge on any atom is -0.356 e. The Labute approximate surface area is 124 Å². The Bertz CT molecular complexity index is 502. The van der Waals surface area contributed by atoms with Crippen LogP contribution in [0.25, 0.3) is 0 Å². The summed E-state index contributed by atoms with van der Waals surface area (Å²) in [6, 6.07) is 3.22. The Kier molecular flexibility index (Phi) is 6.61. The summed E-state index contributed by atoms with van der Waals surface area (Å²) in [6.07, 6.45) is 0.254. The molecule has 2 amide bonds. The summed E-state index contributed by atoms with van der Waals surface area (Å²) in [5, 5.41) is 5.50. The summed E-state index contributed by atoms with van der Waals surface area (Å²) < 4.78 is 0. The highest BCUT2D eigenvalue weighted by Gasteiger charge is 2.09. The van der Waals surface area contributed by atoms with E-state index in [4.69, 9.17) is 5.84 Å². The average Bonchev–Trinajstić information content (AvgIpc) is 2.44. The number of aromatic nitrogens is 1. The van der Waals surface area contributed by atoms with E-state index in [1.807, 2.05) is 13.8 Å². The number of aryl methyl sites for hydroxylation is 1. The highest BCUT2D eigenvalue weighted by atomic mass is 16.2. The molecule has 1 aromatic heterocycles. The van der Waals surface area contributed by atoms with E-state index in [9.17, 15) is 9.59 Å². The molecule has 0 spiro atoms. The van der Waals surface area contributed by atoms with Gasteiger partial charge in [-0.05, 0) is 25.0 Å². The van der Waals surface area contributed by atoms with Crippen LogP contribution in [-0.2, 0) is 4.79 Å². The second kappa shape index (κ2) is 8.21. The van der Waals surface area contributed by atoms with Gasteiger partial charge in [0.1, 0.15) is 5.82 Å². The second-order valence-corrected chi connectivity index (χ2v) is 5.23. The number of hydrazine groups is 1. The Morgan fingerprint density at radius 1 is 1.29 bits per heavy atom. The van der Waals surface area contributed by atoms with E-state index in [0.29, 0.717) is 29.5 Å². The van der Waals surface area contributed by atoms with Gasteiger partial charge >= 0.3 is 0 Å². The van der Waals surface area contributed by atoms with Crippen molar-refractivity contribution < 1.29 is 9.59 Å². The number of carbonyl (C=O) groups excluding carboxylic acids is 2. The predicted octanol–water partition coefficient (Wildman–Crippen LogP) is 0.568. The average molecular weight is 293 g/mol. The summed E-state index contributed by atoms with van der Waals surface area (Å²) in [4.78, 5) is 27.6. The Balaban J connectivity index is 2.44. The van der Waals surface area contributed by atoms with E-state index in [1.165, 1.54) is 0 Å². The number of nitrogens with one attached hydrogen (secondary N) is 3.